The van der Waals surface area contributed by atoms with Crippen LogP contribution in [0, 0.1) is 6.92 Å². The average Bonchev–Trinajstić information content (AvgIpc) is 3.51. The van der Waals surface area contributed by atoms with E-state index in [9.17, 15) is 4.79 Å². The summed E-state index contributed by atoms with van der Waals surface area (Å²) in [5.41, 5.74) is 7.70. The molecular weight excluding hydrogens is 448 g/mol. The summed E-state index contributed by atoms with van der Waals surface area (Å²) in [6, 6.07) is 18.6. The number of para-hydroxylation sites is 1. The molecule has 4 aromatic rings. The number of aromatic nitrogens is 2. The fourth-order valence-electron chi connectivity index (χ4n) is 5.44. The lowest BCUT2D eigenvalue weighted by molar-refractivity contribution is -0.128. The van der Waals surface area contributed by atoms with Gasteiger partial charge >= 0.3 is 0 Å². The fourth-order valence-corrected chi connectivity index (χ4v) is 5.44. The quantitative estimate of drug-likeness (QED) is 0.417. The van der Waals surface area contributed by atoms with Crippen LogP contribution in [0.5, 0.6) is 5.75 Å². The molecule has 6 heteroatoms. The topological polar surface area (TPSA) is 61.5 Å². The number of rotatable bonds is 4. The van der Waals surface area contributed by atoms with Gasteiger partial charge in [-0.25, -0.2) is 4.98 Å². The van der Waals surface area contributed by atoms with Crippen molar-refractivity contribution >= 4 is 28.7 Å². The molecule has 2 aliphatic rings. The fraction of sp³-hybridized carbons (Fsp3) is 0.267. The zero-order valence-electron chi connectivity index (χ0n) is 20.9. The molecule has 0 saturated heterocycles. The SMILES string of the molecule is Cc1nc(N(C)C)ccc1/C=C/C(=O)N1CCc2c([nH]c3ccccc23)[C@H]1c1ccc2c(c1)CCO2. The Labute approximate surface area is 211 Å². The Hall–Kier alpha value is -4.06. The minimum Gasteiger partial charge on any atom is -0.493 e. The van der Waals surface area contributed by atoms with Crippen LogP contribution in [-0.4, -0.2) is 48.0 Å². The number of aromatic amines is 1. The number of hydrogen-bond donors (Lipinski definition) is 1. The van der Waals surface area contributed by atoms with E-state index in [1.54, 1.807) is 6.08 Å². The molecular formula is C30H30N4O2. The number of ether oxygens (including phenoxy) is 1. The number of fused-ring (bicyclic) bond motifs is 4. The third-order valence-electron chi connectivity index (χ3n) is 7.32. The Kier molecular flexibility index (Phi) is 5.52. The lowest BCUT2D eigenvalue weighted by Crippen LogP contribution is -2.39. The first-order valence-electron chi connectivity index (χ1n) is 12.5. The summed E-state index contributed by atoms with van der Waals surface area (Å²) < 4.78 is 5.75. The van der Waals surface area contributed by atoms with Crippen LogP contribution in [0.25, 0.3) is 17.0 Å². The van der Waals surface area contributed by atoms with Gasteiger partial charge in [0, 0.05) is 55.4 Å². The van der Waals surface area contributed by atoms with Gasteiger partial charge < -0.3 is 19.5 Å². The maximum atomic E-state index is 13.7. The molecule has 4 heterocycles. The molecule has 182 valence electrons. The Balaban J connectivity index is 1.38. The van der Waals surface area contributed by atoms with E-state index in [0.717, 1.165) is 52.4 Å². The lowest BCUT2D eigenvalue weighted by atomic mass is 9.91. The number of carbonyl (C=O) groups excluding carboxylic acids is 1. The molecule has 1 atom stereocenters. The average molecular weight is 479 g/mol. The van der Waals surface area contributed by atoms with Gasteiger partial charge in [-0.2, -0.15) is 0 Å². The summed E-state index contributed by atoms with van der Waals surface area (Å²) in [7, 11) is 3.95. The molecule has 1 N–H and O–H groups in total. The number of nitrogens with zero attached hydrogens (tertiary/aromatic N) is 3. The summed E-state index contributed by atoms with van der Waals surface area (Å²) in [5.74, 6) is 1.85. The first-order valence-corrected chi connectivity index (χ1v) is 12.5. The van der Waals surface area contributed by atoms with Gasteiger partial charge in [0.15, 0.2) is 0 Å². The summed E-state index contributed by atoms with van der Waals surface area (Å²) >= 11 is 0. The highest BCUT2D eigenvalue weighted by molar-refractivity contribution is 5.93. The van der Waals surface area contributed by atoms with Crippen LogP contribution in [0.1, 0.15) is 39.7 Å². The molecule has 1 amide bonds. The standard InChI is InChI=1S/C30H30N4O2/c1-19-20(9-12-27(31-19)33(2)3)10-13-28(35)34-16-14-24-23-6-4-5-7-25(23)32-29(24)30(34)22-8-11-26-21(18-22)15-17-36-26/h4-13,18,30,32H,14-17H2,1-3H3/b13-10+/t30-/m1/s1. The molecule has 0 bridgehead atoms. The highest BCUT2D eigenvalue weighted by Gasteiger charge is 2.34. The van der Waals surface area contributed by atoms with Crippen LogP contribution in [0.3, 0.4) is 0 Å². The third kappa shape index (κ3) is 3.83. The van der Waals surface area contributed by atoms with E-state index in [0.29, 0.717) is 13.2 Å². The third-order valence-corrected chi connectivity index (χ3v) is 7.32. The molecule has 2 aromatic heterocycles. The largest absolute Gasteiger partial charge is 0.493 e. The number of aryl methyl sites for hydroxylation is 1. The van der Waals surface area contributed by atoms with Gasteiger partial charge in [-0.05, 0) is 72.0 Å². The Morgan fingerprint density at radius 2 is 2.00 bits per heavy atom. The van der Waals surface area contributed by atoms with Crippen molar-refractivity contribution in [2.45, 2.75) is 25.8 Å². The van der Waals surface area contributed by atoms with E-state index in [1.165, 1.54) is 16.5 Å². The summed E-state index contributed by atoms with van der Waals surface area (Å²) in [4.78, 5) is 25.9. The van der Waals surface area contributed by atoms with Crippen molar-refractivity contribution in [1.82, 2.24) is 14.9 Å². The van der Waals surface area contributed by atoms with Crippen molar-refractivity contribution in [1.29, 1.82) is 0 Å². The smallest absolute Gasteiger partial charge is 0.247 e. The van der Waals surface area contributed by atoms with E-state index in [1.807, 2.05) is 49.0 Å². The van der Waals surface area contributed by atoms with E-state index in [-0.39, 0.29) is 11.9 Å². The van der Waals surface area contributed by atoms with Crippen molar-refractivity contribution in [3.8, 4) is 5.75 Å². The van der Waals surface area contributed by atoms with Gasteiger partial charge in [0.05, 0.1) is 12.6 Å². The van der Waals surface area contributed by atoms with E-state index in [2.05, 4.69) is 52.4 Å². The molecule has 36 heavy (non-hydrogen) atoms. The van der Waals surface area contributed by atoms with Crippen molar-refractivity contribution in [3.05, 3.63) is 94.3 Å². The number of carbonyl (C=O) groups is 1. The Morgan fingerprint density at radius 3 is 2.83 bits per heavy atom. The van der Waals surface area contributed by atoms with E-state index in [4.69, 9.17) is 4.74 Å². The van der Waals surface area contributed by atoms with Crippen LogP contribution in [0.4, 0.5) is 5.82 Å². The van der Waals surface area contributed by atoms with Crippen LogP contribution in [0.2, 0.25) is 0 Å². The molecule has 0 unspecified atom stereocenters. The zero-order chi connectivity index (χ0) is 24.8. The second kappa shape index (κ2) is 8.86. The highest BCUT2D eigenvalue weighted by Crippen LogP contribution is 2.40. The Morgan fingerprint density at radius 1 is 1.14 bits per heavy atom. The number of hydrogen-bond acceptors (Lipinski definition) is 4. The maximum absolute atomic E-state index is 13.7. The van der Waals surface area contributed by atoms with Crippen molar-refractivity contribution in [2.24, 2.45) is 0 Å². The molecule has 2 aliphatic heterocycles. The number of pyridine rings is 1. The minimum absolute atomic E-state index is 0.00265. The predicted octanol–water partition coefficient (Wildman–Crippen LogP) is 5.06. The van der Waals surface area contributed by atoms with Gasteiger partial charge in [-0.1, -0.05) is 24.3 Å². The normalized spacial score (nSPS) is 16.8. The van der Waals surface area contributed by atoms with Gasteiger partial charge in [0.1, 0.15) is 11.6 Å². The maximum Gasteiger partial charge on any atom is 0.247 e. The zero-order valence-corrected chi connectivity index (χ0v) is 20.9. The predicted molar refractivity (Wildman–Crippen MR) is 144 cm³/mol. The molecule has 0 saturated carbocycles. The Bertz CT molecular complexity index is 1500. The molecule has 6 rings (SSSR count). The second-order valence-corrected chi connectivity index (χ2v) is 9.78. The number of benzene rings is 2. The number of H-pyrrole nitrogens is 1. The van der Waals surface area contributed by atoms with Crippen LogP contribution in [-0.2, 0) is 17.6 Å². The molecule has 0 radical (unpaired) electrons. The summed E-state index contributed by atoms with van der Waals surface area (Å²) in [5, 5.41) is 1.24. The van der Waals surface area contributed by atoms with Gasteiger partial charge in [0.25, 0.3) is 0 Å². The summed E-state index contributed by atoms with van der Waals surface area (Å²) in [6.07, 6.45) is 5.30. The first kappa shape index (κ1) is 22.4. The van der Waals surface area contributed by atoms with Crippen molar-refractivity contribution in [3.63, 3.8) is 0 Å². The molecule has 6 nitrogen and oxygen atoms in total. The van der Waals surface area contributed by atoms with Gasteiger partial charge in [-0.3, -0.25) is 4.79 Å². The monoisotopic (exact) mass is 478 g/mol. The second-order valence-electron chi connectivity index (χ2n) is 9.78. The molecule has 0 aliphatic carbocycles. The lowest BCUT2D eigenvalue weighted by Gasteiger charge is -2.36. The molecule has 0 spiro atoms. The number of anilines is 1. The number of nitrogens with one attached hydrogen (secondary N) is 1. The summed E-state index contributed by atoms with van der Waals surface area (Å²) in [6.45, 7) is 3.35. The highest BCUT2D eigenvalue weighted by atomic mass is 16.5. The van der Waals surface area contributed by atoms with Gasteiger partial charge in [0.2, 0.25) is 5.91 Å². The van der Waals surface area contributed by atoms with Crippen molar-refractivity contribution < 1.29 is 9.53 Å². The van der Waals surface area contributed by atoms with Crippen LogP contribution in [0.15, 0.2) is 60.7 Å². The number of amides is 1. The van der Waals surface area contributed by atoms with E-state index >= 15 is 0 Å². The first-order chi connectivity index (χ1) is 17.5. The van der Waals surface area contributed by atoms with Gasteiger partial charge in [-0.15, -0.1) is 0 Å². The molecule has 0 fully saturated rings. The molecule has 2 aromatic carbocycles. The van der Waals surface area contributed by atoms with Crippen molar-refractivity contribution in [2.75, 3.05) is 32.1 Å². The van der Waals surface area contributed by atoms with Crippen LogP contribution >= 0.6 is 0 Å². The van der Waals surface area contributed by atoms with Crippen LogP contribution < -0.4 is 9.64 Å². The van der Waals surface area contributed by atoms with E-state index < -0.39 is 0 Å². The minimum atomic E-state index is -0.181.